The Kier molecular flexibility index (Phi) is 6.15. The molecule has 0 bridgehead atoms. The van der Waals surface area contributed by atoms with Crippen LogP contribution >= 0.6 is 11.3 Å². The minimum Gasteiger partial charge on any atom is -0.425 e. The van der Waals surface area contributed by atoms with Gasteiger partial charge in [0.15, 0.2) is 0 Å². The van der Waals surface area contributed by atoms with E-state index >= 15 is 0 Å². The SMILES string of the molecule is CC(NC(=O)C(C)(C)C)C(=O)Oc1ccc(NC(=O)c2cccs2)cc1. The summed E-state index contributed by atoms with van der Waals surface area (Å²) in [5, 5.41) is 7.22. The minimum atomic E-state index is -0.764. The van der Waals surface area contributed by atoms with Crippen LogP contribution in [0, 0.1) is 5.41 Å². The summed E-state index contributed by atoms with van der Waals surface area (Å²) in [5.74, 6) is -0.643. The number of benzene rings is 1. The first-order chi connectivity index (χ1) is 12.2. The van der Waals surface area contributed by atoms with E-state index in [1.807, 2.05) is 11.4 Å². The highest BCUT2D eigenvalue weighted by molar-refractivity contribution is 7.12. The molecular formula is C19H22N2O4S. The van der Waals surface area contributed by atoms with E-state index in [2.05, 4.69) is 10.6 Å². The van der Waals surface area contributed by atoms with Crippen LogP contribution in [0.2, 0.25) is 0 Å². The summed E-state index contributed by atoms with van der Waals surface area (Å²) in [6.45, 7) is 6.87. The van der Waals surface area contributed by atoms with Gasteiger partial charge in [-0.15, -0.1) is 11.3 Å². The second kappa shape index (κ2) is 8.14. The molecule has 2 N–H and O–H groups in total. The van der Waals surface area contributed by atoms with Crippen LogP contribution in [-0.4, -0.2) is 23.8 Å². The van der Waals surface area contributed by atoms with Crippen LogP contribution in [-0.2, 0) is 9.59 Å². The molecule has 0 aliphatic carbocycles. The van der Waals surface area contributed by atoms with E-state index < -0.39 is 17.4 Å². The number of carbonyl (C=O) groups excluding carboxylic acids is 3. The maximum Gasteiger partial charge on any atom is 0.333 e. The fourth-order valence-corrected chi connectivity index (χ4v) is 2.50. The molecular weight excluding hydrogens is 352 g/mol. The highest BCUT2D eigenvalue weighted by Crippen LogP contribution is 2.18. The van der Waals surface area contributed by atoms with Gasteiger partial charge in [-0.25, -0.2) is 4.79 Å². The molecule has 0 aliphatic rings. The highest BCUT2D eigenvalue weighted by Gasteiger charge is 2.26. The van der Waals surface area contributed by atoms with E-state index in [0.717, 1.165) is 0 Å². The summed E-state index contributed by atoms with van der Waals surface area (Å²) in [6, 6.07) is 9.24. The van der Waals surface area contributed by atoms with Gasteiger partial charge in [-0.05, 0) is 42.6 Å². The number of esters is 1. The van der Waals surface area contributed by atoms with Crippen molar-refractivity contribution in [1.29, 1.82) is 0 Å². The Morgan fingerprint density at radius 3 is 2.27 bits per heavy atom. The quantitative estimate of drug-likeness (QED) is 0.620. The first kappa shape index (κ1) is 19.7. The van der Waals surface area contributed by atoms with Crippen molar-refractivity contribution in [3.63, 3.8) is 0 Å². The first-order valence-electron chi connectivity index (χ1n) is 8.14. The zero-order chi connectivity index (χ0) is 19.3. The molecule has 0 spiro atoms. The van der Waals surface area contributed by atoms with Crippen molar-refractivity contribution >= 4 is 34.8 Å². The lowest BCUT2D eigenvalue weighted by Crippen LogP contribution is -2.45. The van der Waals surface area contributed by atoms with Crippen molar-refractivity contribution in [3.8, 4) is 5.75 Å². The van der Waals surface area contributed by atoms with Gasteiger partial charge in [0.1, 0.15) is 11.8 Å². The molecule has 1 atom stereocenters. The van der Waals surface area contributed by atoms with E-state index in [1.54, 1.807) is 58.0 Å². The van der Waals surface area contributed by atoms with Crippen LogP contribution in [0.1, 0.15) is 37.4 Å². The van der Waals surface area contributed by atoms with Crippen molar-refractivity contribution in [2.75, 3.05) is 5.32 Å². The Labute approximate surface area is 156 Å². The number of hydrogen-bond donors (Lipinski definition) is 2. The molecule has 26 heavy (non-hydrogen) atoms. The van der Waals surface area contributed by atoms with Gasteiger partial charge in [-0.3, -0.25) is 9.59 Å². The molecule has 2 aromatic rings. The van der Waals surface area contributed by atoms with Crippen molar-refractivity contribution in [3.05, 3.63) is 46.7 Å². The lowest BCUT2D eigenvalue weighted by molar-refractivity contribution is -0.140. The Balaban J connectivity index is 1.91. The lowest BCUT2D eigenvalue weighted by atomic mass is 9.95. The predicted octanol–water partition coefficient (Wildman–Crippen LogP) is 3.46. The third kappa shape index (κ3) is 5.42. The molecule has 6 nitrogen and oxygen atoms in total. The average molecular weight is 374 g/mol. The summed E-state index contributed by atoms with van der Waals surface area (Å²) >= 11 is 1.36. The van der Waals surface area contributed by atoms with Crippen LogP contribution in [0.4, 0.5) is 5.69 Å². The second-order valence-electron chi connectivity index (χ2n) is 6.82. The maximum atomic E-state index is 12.1. The zero-order valence-corrected chi connectivity index (χ0v) is 16.0. The van der Waals surface area contributed by atoms with Gasteiger partial charge in [0, 0.05) is 11.1 Å². The monoisotopic (exact) mass is 374 g/mol. The first-order valence-corrected chi connectivity index (χ1v) is 9.02. The van der Waals surface area contributed by atoms with Gasteiger partial charge >= 0.3 is 5.97 Å². The Morgan fingerprint density at radius 1 is 1.08 bits per heavy atom. The molecule has 0 aliphatic heterocycles. The van der Waals surface area contributed by atoms with Gasteiger partial charge in [0.05, 0.1) is 4.88 Å². The number of amides is 2. The van der Waals surface area contributed by atoms with Gasteiger partial charge in [-0.1, -0.05) is 26.8 Å². The molecule has 0 saturated carbocycles. The van der Waals surface area contributed by atoms with Gasteiger partial charge < -0.3 is 15.4 Å². The maximum absolute atomic E-state index is 12.1. The molecule has 0 fully saturated rings. The number of anilines is 1. The van der Waals surface area contributed by atoms with E-state index in [4.69, 9.17) is 4.74 Å². The molecule has 138 valence electrons. The fraction of sp³-hybridized carbons (Fsp3) is 0.316. The predicted molar refractivity (Wildman–Crippen MR) is 101 cm³/mol. The molecule has 0 radical (unpaired) electrons. The Bertz CT molecular complexity index is 777. The Morgan fingerprint density at radius 2 is 1.73 bits per heavy atom. The third-order valence-electron chi connectivity index (χ3n) is 3.46. The summed E-state index contributed by atoms with van der Waals surface area (Å²) < 4.78 is 5.26. The largest absolute Gasteiger partial charge is 0.425 e. The molecule has 2 rings (SSSR count). The fourth-order valence-electron chi connectivity index (χ4n) is 1.88. The molecule has 2 amide bonds. The van der Waals surface area contributed by atoms with E-state index in [9.17, 15) is 14.4 Å². The normalized spacial score (nSPS) is 12.2. The van der Waals surface area contributed by atoms with Crippen molar-refractivity contribution in [2.45, 2.75) is 33.7 Å². The number of thiophene rings is 1. The molecule has 1 aromatic carbocycles. The summed E-state index contributed by atoms with van der Waals surface area (Å²) in [7, 11) is 0. The molecule has 1 aromatic heterocycles. The average Bonchev–Trinajstić information content (AvgIpc) is 3.10. The van der Waals surface area contributed by atoms with Gasteiger partial charge in [0.25, 0.3) is 5.91 Å². The zero-order valence-electron chi connectivity index (χ0n) is 15.2. The summed E-state index contributed by atoms with van der Waals surface area (Å²) in [5.41, 5.74) is 0.00836. The second-order valence-corrected chi connectivity index (χ2v) is 7.77. The Hall–Kier alpha value is -2.67. The minimum absolute atomic E-state index is 0.191. The molecule has 1 unspecified atom stereocenters. The van der Waals surface area contributed by atoms with Crippen LogP contribution in [0.5, 0.6) is 5.75 Å². The van der Waals surface area contributed by atoms with Crippen LogP contribution in [0.3, 0.4) is 0 Å². The molecule has 0 saturated heterocycles. The van der Waals surface area contributed by atoms with Crippen molar-refractivity contribution < 1.29 is 19.1 Å². The van der Waals surface area contributed by atoms with Crippen molar-refractivity contribution in [2.24, 2.45) is 5.41 Å². The number of nitrogens with one attached hydrogen (secondary N) is 2. The van der Waals surface area contributed by atoms with E-state index in [-0.39, 0.29) is 11.8 Å². The third-order valence-corrected chi connectivity index (χ3v) is 4.33. The van der Waals surface area contributed by atoms with Crippen molar-refractivity contribution in [1.82, 2.24) is 5.32 Å². The van der Waals surface area contributed by atoms with Crippen LogP contribution < -0.4 is 15.4 Å². The van der Waals surface area contributed by atoms with Crippen LogP contribution in [0.25, 0.3) is 0 Å². The topological polar surface area (TPSA) is 84.5 Å². The smallest absolute Gasteiger partial charge is 0.333 e. The number of ether oxygens (including phenoxy) is 1. The summed E-state index contributed by atoms with van der Waals surface area (Å²) in [4.78, 5) is 36.6. The summed E-state index contributed by atoms with van der Waals surface area (Å²) in [6.07, 6.45) is 0. The van der Waals surface area contributed by atoms with E-state index in [1.165, 1.54) is 11.3 Å². The number of rotatable bonds is 5. The standard InChI is InChI=1S/C19H22N2O4S/c1-12(20-18(24)19(2,3)4)17(23)25-14-9-7-13(8-10-14)21-16(22)15-6-5-11-26-15/h5-12H,1-4H3,(H,20,24)(H,21,22). The van der Waals surface area contributed by atoms with Gasteiger partial charge in [-0.2, -0.15) is 0 Å². The van der Waals surface area contributed by atoms with E-state index in [0.29, 0.717) is 16.3 Å². The highest BCUT2D eigenvalue weighted by atomic mass is 32.1. The molecule has 7 heteroatoms. The van der Waals surface area contributed by atoms with Crippen LogP contribution in [0.15, 0.2) is 41.8 Å². The number of hydrogen-bond acceptors (Lipinski definition) is 5. The van der Waals surface area contributed by atoms with Gasteiger partial charge in [0.2, 0.25) is 5.91 Å². The molecule has 1 heterocycles. The number of carbonyl (C=O) groups is 3. The lowest BCUT2D eigenvalue weighted by Gasteiger charge is -2.20.